The van der Waals surface area contributed by atoms with Gasteiger partial charge in [0, 0.05) is 5.92 Å². The van der Waals surface area contributed by atoms with Gasteiger partial charge in [-0.05, 0) is 47.3 Å². The molecule has 2 aliphatic rings. The maximum atomic E-state index is 11.8. The molecule has 0 spiro atoms. The zero-order valence-corrected chi connectivity index (χ0v) is 13.3. The number of allylic oxidation sites excluding steroid dienone is 1. The van der Waals surface area contributed by atoms with Crippen LogP contribution in [-0.2, 0) is 4.79 Å². The maximum Gasteiger partial charge on any atom is 0.123 e. The van der Waals surface area contributed by atoms with E-state index in [1.165, 1.54) is 19.1 Å². The fraction of sp³-hybridized carbons (Fsp3) is 0.833. The van der Waals surface area contributed by atoms with Gasteiger partial charge in [-0.3, -0.25) is 0 Å². The maximum absolute atomic E-state index is 11.8. The van der Waals surface area contributed by atoms with Gasteiger partial charge in [-0.1, -0.05) is 47.1 Å². The molecular weight excluding hydrogens is 232 g/mol. The van der Waals surface area contributed by atoms with Gasteiger partial charge in [0.1, 0.15) is 6.29 Å². The topological polar surface area (TPSA) is 17.1 Å². The van der Waals surface area contributed by atoms with Gasteiger partial charge in [-0.15, -0.1) is 6.58 Å². The average Bonchev–Trinajstić information content (AvgIpc) is 2.47. The molecule has 19 heavy (non-hydrogen) atoms. The summed E-state index contributed by atoms with van der Waals surface area (Å²) in [4.78, 5) is 11.8. The Labute approximate surface area is 118 Å². The van der Waals surface area contributed by atoms with Crippen molar-refractivity contribution in [3.8, 4) is 0 Å². The van der Waals surface area contributed by atoms with Crippen LogP contribution in [-0.4, -0.2) is 6.29 Å². The van der Waals surface area contributed by atoms with Crippen LogP contribution in [0, 0.1) is 34.0 Å². The zero-order valence-electron chi connectivity index (χ0n) is 13.3. The highest BCUT2D eigenvalue weighted by molar-refractivity contribution is 5.57. The van der Waals surface area contributed by atoms with E-state index in [-0.39, 0.29) is 16.7 Å². The van der Waals surface area contributed by atoms with E-state index in [1.807, 2.05) is 0 Å². The molecular formula is C18H30O. The van der Waals surface area contributed by atoms with Crippen molar-refractivity contribution in [2.45, 2.75) is 60.3 Å². The number of carbonyl (C=O) groups excluding carboxylic acids is 1. The average molecular weight is 262 g/mol. The van der Waals surface area contributed by atoms with Crippen molar-refractivity contribution in [3.63, 3.8) is 0 Å². The van der Waals surface area contributed by atoms with E-state index in [2.05, 4.69) is 47.3 Å². The molecule has 1 heteroatoms. The molecule has 1 nitrogen and oxygen atoms in total. The number of rotatable bonds is 3. The third-order valence-electron chi connectivity index (χ3n) is 7.23. The van der Waals surface area contributed by atoms with Crippen LogP contribution in [0.25, 0.3) is 0 Å². The predicted molar refractivity (Wildman–Crippen MR) is 80.9 cm³/mol. The first-order valence-electron chi connectivity index (χ1n) is 7.83. The zero-order chi connectivity index (χ0) is 14.5. The van der Waals surface area contributed by atoms with Crippen LogP contribution in [0.5, 0.6) is 0 Å². The summed E-state index contributed by atoms with van der Waals surface area (Å²) < 4.78 is 0. The minimum Gasteiger partial charge on any atom is -0.303 e. The van der Waals surface area contributed by atoms with Crippen LogP contribution in [0.3, 0.4) is 0 Å². The molecule has 4 atom stereocenters. The highest BCUT2D eigenvalue weighted by Crippen LogP contribution is 2.73. The van der Waals surface area contributed by atoms with E-state index in [9.17, 15) is 4.79 Å². The van der Waals surface area contributed by atoms with Crippen LogP contribution >= 0.6 is 0 Å². The lowest BCUT2D eigenvalue weighted by Crippen LogP contribution is -2.48. The van der Waals surface area contributed by atoms with Crippen molar-refractivity contribution in [3.05, 3.63) is 12.7 Å². The molecule has 0 radical (unpaired) electrons. The molecule has 0 heterocycles. The summed E-state index contributed by atoms with van der Waals surface area (Å²) in [7, 11) is 0. The van der Waals surface area contributed by atoms with E-state index >= 15 is 0 Å². The van der Waals surface area contributed by atoms with Gasteiger partial charge in [0.2, 0.25) is 0 Å². The highest BCUT2D eigenvalue weighted by atomic mass is 16.1. The summed E-state index contributed by atoms with van der Waals surface area (Å²) in [5, 5.41) is 0. The quantitative estimate of drug-likeness (QED) is 0.524. The normalized spacial score (nSPS) is 43.5. The number of hydrogen-bond donors (Lipinski definition) is 0. The molecule has 2 aliphatic carbocycles. The first kappa shape index (κ1) is 14.8. The van der Waals surface area contributed by atoms with Crippen LogP contribution in [0.15, 0.2) is 12.7 Å². The van der Waals surface area contributed by atoms with E-state index in [0.29, 0.717) is 17.3 Å². The lowest BCUT2D eigenvalue weighted by molar-refractivity contribution is -0.125. The summed E-state index contributed by atoms with van der Waals surface area (Å²) >= 11 is 0. The molecule has 0 amide bonds. The number of carbonyl (C=O) groups is 1. The third kappa shape index (κ3) is 1.63. The summed E-state index contributed by atoms with van der Waals surface area (Å²) in [5.74, 6) is 1.49. The van der Waals surface area contributed by atoms with Gasteiger partial charge in [0.05, 0.1) is 0 Å². The summed E-state index contributed by atoms with van der Waals surface area (Å²) in [5.41, 5.74) is 0.632. The fourth-order valence-electron chi connectivity index (χ4n) is 5.90. The monoisotopic (exact) mass is 262 g/mol. The van der Waals surface area contributed by atoms with E-state index in [1.54, 1.807) is 0 Å². The highest BCUT2D eigenvalue weighted by Gasteiger charge is 2.68. The molecule has 4 unspecified atom stereocenters. The van der Waals surface area contributed by atoms with Crippen molar-refractivity contribution in [2.75, 3.05) is 0 Å². The Bertz CT molecular complexity index is 379. The minimum atomic E-state index is 0.123. The molecule has 0 N–H and O–H groups in total. The minimum absolute atomic E-state index is 0.123. The lowest BCUT2D eigenvalue weighted by Gasteiger charge is -2.53. The Hall–Kier alpha value is -0.590. The van der Waals surface area contributed by atoms with Crippen molar-refractivity contribution >= 4 is 6.29 Å². The molecule has 0 bridgehead atoms. The Morgan fingerprint density at radius 1 is 1.21 bits per heavy atom. The fourth-order valence-corrected chi connectivity index (χ4v) is 5.90. The molecule has 2 saturated carbocycles. The molecule has 0 saturated heterocycles. The van der Waals surface area contributed by atoms with Crippen molar-refractivity contribution in [1.29, 1.82) is 0 Å². The Balaban J connectivity index is 2.63. The second-order valence-corrected chi connectivity index (χ2v) is 8.02. The van der Waals surface area contributed by atoms with Crippen LogP contribution < -0.4 is 0 Å². The predicted octanol–water partition coefficient (Wildman–Crippen LogP) is 4.87. The first-order chi connectivity index (χ1) is 8.76. The Morgan fingerprint density at radius 3 is 2.37 bits per heavy atom. The van der Waals surface area contributed by atoms with Crippen LogP contribution in [0.4, 0.5) is 0 Å². The molecule has 0 aromatic carbocycles. The molecule has 108 valence electrons. The van der Waals surface area contributed by atoms with Crippen molar-refractivity contribution in [2.24, 2.45) is 34.0 Å². The summed E-state index contributed by atoms with van der Waals surface area (Å²) in [6.45, 7) is 16.0. The van der Waals surface area contributed by atoms with Gasteiger partial charge >= 0.3 is 0 Å². The SMILES string of the molecule is C=CCC12C(C=O)CCCC1C(C)(C)C(C)C2(C)C. The van der Waals surface area contributed by atoms with Crippen molar-refractivity contribution in [1.82, 2.24) is 0 Å². The van der Waals surface area contributed by atoms with Crippen LogP contribution in [0.2, 0.25) is 0 Å². The summed E-state index contributed by atoms with van der Waals surface area (Å²) in [6, 6.07) is 0. The molecule has 0 aromatic rings. The number of aldehydes is 1. The standard InChI is InChI=1S/C18H30O/c1-7-11-18-14(12-19)9-8-10-15(18)16(3,4)13(2)17(18,5)6/h7,12-15H,1,8-11H2,2-6H3. The summed E-state index contributed by atoms with van der Waals surface area (Å²) in [6.07, 6.45) is 7.86. The smallest absolute Gasteiger partial charge is 0.123 e. The Kier molecular flexibility index (Phi) is 3.48. The lowest BCUT2D eigenvalue weighted by atomic mass is 9.50. The third-order valence-corrected chi connectivity index (χ3v) is 7.23. The molecule has 0 aliphatic heterocycles. The Morgan fingerprint density at radius 2 is 1.84 bits per heavy atom. The van der Waals surface area contributed by atoms with Crippen molar-refractivity contribution < 1.29 is 4.79 Å². The second kappa shape index (κ2) is 4.46. The molecule has 0 aromatic heterocycles. The molecule has 2 rings (SSSR count). The van der Waals surface area contributed by atoms with E-state index in [0.717, 1.165) is 12.8 Å². The van der Waals surface area contributed by atoms with Crippen LogP contribution in [0.1, 0.15) is 60.3 Å². The van der Waals surface area contributed by atoms with Gasteiger partial charge in [0.15, 0.2) is 0 Å². The van der Waals surface area contributed by atoms with E-state index in [4.69, 9.17) is 0 Å². The molecule has 2 fully saturated rings. The van der Waals surface area contributed by atoms with Gasteiger partial charge in [0.25, 0.3) is 0 Å². The van der Waals surface area contributed by atoms with E-state index < -0.39 is 0 Å². The van der Waals surface area contributed by atoms with Gasteiger partial charge in [-0.25, -0.2) is 0 Å². The number of fused-ring (bicyclic) bond motifs is 1. The number of hydrogen-bond acceptors (Lipinski definition) is 1. The largest absolute Gasteiger partial charge is 0.303 e. The second-order valence-electron chi connectivity index (χ2n) is 8.02. The first-order valence-corrected chi connectivity index (χ1v) is 7.83. The van der Waals surface area contributed by atoms with Gasteiger partial charge < -0.3 is 4.79 Å². The van der Waals surface area contributed by atoms with Gasteiger partial charge in [-0.2, -0.15) is 0 Å².